The highest BCUT2D eigenvalue weighted by Crippen LogP contribution is 2.38. The number of hydrogen-bond donors (Lipinski definition) is 3. The Labute approximate surface area is 124 Å². The molecule has 3 N–H and O–H groups in total. The number of hydrazine groups is 1. The number of carbonyl (C=O) groups is 2. The van der Waals surface area contributed by atoms with Crippen molar-refractivity contribution in [2.24, 2.45) is 0 Å². The van der Waals surface area contributed by atoms with Crippen LogP contribution in [0.15, 0.2) is 47.3 Å². The average Bonchev–Trinajstić information content (AvgIpc) is 3.04. The number of nitrogens with one attached hydrogen (secondary N) is 3. The van der Waals surface area contributed by atoms with Gasteiger partial charge in [0, 0.05) is 23.7 Å². The molecule has 0 aliphatic carbocycles. The number of thioether (sulfide) groups is 1. The summed E-state index contributed by atoms with van der Waals surface area (Å²) < 4.78 is 5.02. The van der Waals surface area contributed by atoms with Gasteiger partial charge in [0.05, 0.1) is 6.26 Å². The van der Waals surface area contributed by atoms with Crippen molar-refractivity contribution in [2.75, 3.05) is 5.75 Å². The quantitative estimate of drug-likeness (QED) is 0.428. The summed E-state index contributed by atoms with van der Waals surface area (Å²) in [6, 6.07) is 6.42. The van der Waals surface area contributed by atoms with E-state index < -0.39 is 4.99 Å². The molecule has 2 aromatic rings. The molecule has 1 unspecified atom stereocenters. The zero-order valence-corrected chi connectivity index (χ0v) is 11.6. The van der Waals surface area contributed by atoms with Crippen molar-refractivity contribution in [1.29, 1.82) is 0 Å². The summed E-state index contributed by atoms with van der Waals surface area (Å²) in [5, 5.41) is 2.77. The summed E-state index contributed by atoms with van der Waals surface area (Å²) >= 11 is 1.47. The highest BCUT2D eigenvalue weighted by Gasteiger charge is 2.46. The predicted octanol–water partition coefficient (Wildman–Crippen LogP) is 0.740. The molecule has 0 radical (unpaired) electrons. The molecule has 1 atom stereocenters. The van der Waals surface area contributed by atoms with E-state index in [-0.39, 0.29) is 17.6 Å². The molecular weight excluding hydrogens is 292 g/mol. The van der Waals surface area contributed by atoms with Crippen molar-refractivity contribution < 1.29 is 14.0 Å². The third-order valence-corrected chi connectivity index (χ3v) is 3.88. The number of nitrogens with zero attached hydrogens (tertiary/aromatic N) is 1. The molecule has 0 aromatic carbocycles. The van der Waals surface area contributed by atoms with E-state index in [9.17, 15) is 9.59 Å². The van der Waals surface area contributed by atoms with E-state index in [0.717, 1.165) is 0 Å². The molecule has 0 saturated carbocycles. The lowest BCUT2D eigenvalue weighted by Gasteiger charge is -2.17. The number of hydrogen-bond acceptors (Lipinski definition) is 6. The van der Waals surface area contributed by atoms with Crippen LogP contribution in [-0.2, 0) is 0 Å². The summed E-state index contributed by atoms with van der Waals surface area (Å²) in [5.41, 5.74) is 5.88. The summed E-state index contributed by atoms with van der Waals surface area (Å²) in [7, 11) is 0. The molecule has 2 aromatic heterocycles. The third-order valence-electron chi connectivity index (χ3n) is 2.81. The molecule has 108 valence electrons. The molecule has 2 amide bonds. The van der Waals surface area contributed by atoms with Gasteiger partial charge in [-0.3, -0.25) is 20.0 Å². The lowest BCUT2D eigenvalue weighted by Crippen LogP contribution is -2.55. The van der Waals surface area contributed by atoms with Gasteiger partial charge in [-0.15, -0.1) is 11.8 Å². The van der Waals surface area contributed by atoms with E-state index in [4.69, 9.17) is 4.42 Å². The largest absolute Gasteiger partial charge is 0.459 e. The topological polar surface area (TPSA) is 96.3 Å². The first kappa shape index (κ1) is 13.7. The fourth-order valence-corrected chi connectivity index (χ4v) is 2.21. The fraction of sp³-hybridized carbons (Fsp3) is 0.154. The standard InChI is InChI=1S/C13H12N4O3S/c18-11(9-3-5-14-6-4-9)16-17-13(8-21-13)15-12(19)10-2-1-7-20-10/h1-7,17H,8H2,(H,15,19)(H,16,18). The van der Waals surface area contributed by atoms with E-state index in [1.165, 1.54) is 30.4 Å². The average molecular weight is 304 g/mol. The fourth-order valence-electron chi connectivity index (χ4n) is 1.63. The first-order valence-corrected chi connectivity index (χ1v) is 7.15. The third kappa shape index (κ3) is 3.23. The zero-order valence-electron chi connectivity index (χ0n) is 10.8. The van der Waals surface area contributed by atoms with E-state index in [1.54, 1.807) is 24.3 Å². The molecule has 8 heteroatoms. The first-order chi connectivity index (χ1) is 10.2. The van der Waals surface area contributed by atoms with Crippen LogP contribution >= 0.6 is 11.8 Å². The molecule has 1 saturated heterocycles. The maximum absolute atomic E-state index is 11.9. The Kier molecular flexibility index (Phi) is 3.63. The van der Waals surface area contributed by atoms with Gasteiger partial charge in [-0.1, -0.05) is 0 Å². The SMILES string of the molecule is O=C(NNC1(NC(=O)c2ccco2)CS1)c1ccncc1. The Balaban J connectivity index is 1.55. The van der Waals surface area contributed by atoms with Crippen molar-refractivity contribution in [3.63, 3.8) is 0 Å². The van der Waals surface area contributed by atoms with Crippen LogP contribution in [-0.4, -0.2) is 27.5 Å². The molecule has 21 heavy (non-hydrogen) atoms. The second-order valence-corrected chi connectivity index (χ2v) is 5.64. The van der Waals surface area contributed by atoms with Crippen LogP contribution in [0.4, 0.5) is 0 Å². The Morgan fingerprint density at radius 3 is 2.62 bits per heavy atom. The highest BCUT2D eigenvalue weighted by atomic mass is 32.2. The lowest BCUT2D eigenvalue weighted by molar-refractivity contribution is 0.0864. The van der Waals surface area contributed by atoms with Gasteiger partial charge in [-0.2, -0.15) is 5.43 Å². The summed E-state index contributed by atoms with van der Waals surface area (Å²) in [6.07, 6.45) is 4.50. The second kappa shape index (κ2) is 5.58. The normalized spacial score (nSPS) is 19.8. The molecule has 0 bridgehead atoms. The lowest BCUT2D eigenvalue weighted by atomic mass is 10.3. The number of furan rings is 1. The number of carbonyl (C=O) groups excluding carboxylic acids is 2. The Hall–Kier alpha value is -2.32. The molecule has 1 aliphatic rings. The molecule has 3 heterocycles. The molecule has 1 fully saturated rings. The molecule has 1 aliphatic heterocycles. The van der Waals surface area contributed by atoms with Crippen molar-refractivity contribution in [1.82, 2.24) is 21.2 Å². The van der Waals surface area contributed by atoms with Crippen LogP contribution in [0.1, 0.15) is 20.9 Å². The summed E-state index contributed by atoms with van der Waals surface area (Å²) in [5.74, 6) is 0.243. The van der Waals surface area contributed by atoms with Crippen molar-refractivity contribution in [2.45, 2.75) is 4.99 Å². The minimum atomic E-state index is -0.688. The van der Waals surface area contributed by atoms with Gasteiger partial charge in [0.15, 0.2) is 10.8 Å². The second-order valence-electron chi connectivity index (χ2n) is 4.36. The van der Waals surface area contributed by atoms with Gasteiger partial charge < -0.3 is 9.73 Å². The Morgan fingerprint density at radius 1 is 1.24 bits per heavy atom. The number of aromatic nitrogens is 1. The van der Waals surface area contributed by atoms with E-state index in [1.807, 2.05) is 0 Å². The van der Waals surface area contributed by atoms with E-state index in [2.05, 4.69) is 21.2 Å². The van der Waals surface area contributed by atoms with Gasteiger partial charge in [0.2, 0.25) is 0 Å². The maximum Gasteiger partial charge on any atom is 0.289 e. The van der Waals surface area contributed by atoms with Crippen molar-refractivity contribution in [3.8, 4) is 0 Å². The van der Waals surface area contributed by atoms with Gasteiger partial charge >= 0.3 is 0 Å². The van der Waals surface area contributed by atoms with Crippen molar-refractivity contribution >= 4 is 23.6 Å². The molecule has 7 nitrogen and oxygen atoms in total. The van der Waals surface area contributed by atoms with E-state index >= 15 is 0 Å². The van der Waals surface area contributed by atoms with Crippen LogP contribution in [0.2, 0.25) is 0 Å². The van der Waals surface area contributed by atoms with Crippen LogP contribution in [0.25, 0.3) is 0 Å². The number of rotatable bonds is 5. The Morgan fingerprint density at radius 2 is 2.00 bits per heavy atom. The van der Waals surface area contributed by atoms with Crippen LogP contribution in [0.5, 0.6) is 0 Å². The van der Waals surface area contributed by atoms with Gasteiger partial charge in [-0.25, -0.2) is 0 Å². The van der Waals surface area contributed by atoms with Gasteiger partial charge in [-0.05, 0) is 24.3 Å². The minimum Gasteiger partial charge on any atom is -0.459 e. The van der Waals surface area contributed by atoms with Crippen LogP contribution in [0.3, 0.4) is 0 Å². The number of pyridine rings is 1. The Bertz CT molecular complexity index is 641. The molecule has 3 rings (SSSR count). The minimum absolute atomic E-state index is 0.226. The monoisotopic (exact) mass is 304 g/mol. The number of amides is 2. The highest BCUT2D eigenvalue weighted by molar-refractivity contribution is 8.07. The van der Waals surface area contributed by atoms with E-state index in [0.29, 0.717) is 11.3 Å². The van der Waals surface area contributed by atoms with Crippen LogP contribution in [0, 0.1) is 0 Å². The zero-order chi connectivity index (χ0) is 14.7. The predicted molar refractivity (Wildman–Crippen MR) is 76.2 cm³/mol. The smallest absolute Gasteiger partial charge is 0.289 e. The van der Waals surface area contributed by atoms with Gasteiger partial charge in [0.1, 0.15) is 0 Å². The summed E-state index contributed by atoms with van der Waals surface area (Å²) in [4.78, 5) is 26.9. The molecular formula is C13H12N4O3S. The molecule has 0 spiro atoms. The van der Waals surface area contributed by atoms with Gasteiger partial charge in [0.25, 0.3) is 11.8 Å². The first-order valence-electron chi connectivity index (χ1n) is 6.16. The summed E-state index contributed by atoms with van der Waals surface area (Å²) in [6.45, 7) is 0. The van der Waals surface area contributed by atoms with Crippen LogP contribution < -0.4 is 16.2 Å². The maximum atomic E-state index is 11.9. The van der Waals surface area contributed by atoms with Crippen molar-refractivity contribution in [3.05, 3.63) is 54.2 Å².